The predicted molar refractivity (Wildman–Crippen MR) is 144 cm³/mol. The van der Waals surface area contributed by atoms with Crippen molar-refractivity contribution >= 4 is 50.7 Å². The molecule has 0 aliphatic heterocycles. The summed E-state index contributed by atoms with van der Waals surface area (Å²) in [5.74, 6) is -0.562. The van der Waals surface area contributed by atoms with E-state index in [4.69, 9.17) is 27.9 Å². The van der Waals surface area contributed by atoms with Gasteiger partial charge in [-0.3, -0.25) is 13.9 Å². The Hall–Kier alpha value is -2.49. The van der Waals surface area contributed by atoms with Crippen molar-refractivity contribution in [3.8, 4) is 5.75 Å². The van der Waals surface area contributed by atoms with E-state index >= 15 is 0 Å². The van der Waals surface area contributed by atoms with Crippen molar-refractivity contribution < 1.29 is 22.7 Å². The number of anilines is 1. The Morgan fingerprint density at radius 1 is 1.08 bits per heavy atom. The van der Waals surface area contributed by atoms with Gasteiger partial charge in [0.25, 0.3) is 0 Å². The van der Waals surface area contributed by atoms with Crippen LogP contribution in [0.3, 0.4) is 0 Å². The summed E-state index contributed by atoms with van der Waals surface area (Å²) in [5, 5.41) is 3.51. The van der Waals surface area contributed by atoms with Gasteiger partial charge >= 0.3 is 0 Å². The molecule has 0 bridgehead atoms. The second kappa shape index (κ2) is 13.7. The molecule has 2 aromatic carbocycles. The number of unbranched alkanes of at least 4 members (excludes halogenated alkanes) is 1. The minimum atomic E-state index is -3.87. The maximum atomic E-state index is 13.6. The van der Waals surface area contributed by atoms with Gasteiger partial charge in [0.1, 0.15) is 18.3 Å². The van der Waals surface area contributed by atoms with E-state index in [0.717, 1.165) is 23.4 Å². The molecule has 2 rings (SSSR count). The molecule has 36 heavy (non-hydrogen) atoms. The number of sulfonamides is 1. The average molecular weight is 559 g/mol. The molecule has 0 saturated heterocycles. The van der Waals surface area contributed by atoms with Crippen LogP contribution >= 0.6 is 23.2 Å². The van der Waals surface area contributed by atoms with E-state index in [2.05, 4.69) is 5.32 Å². The summed E-state index contributed by atoms with van der Waals surface area (Å²) in [4.78, 5) is 27.8. The number of carbonyl (C=O) groups excluding carboxylic acids is 2. The largest absolute Gasteiger partial charge is 0.492 e. The Morgan fingerprint density at radius 2 is 1.78 bits per heavy atom. The lowest BCUT2D eigenvalue weighted by Crippen LogP contribution is -2.51. The minimum Gasteiger partial charge on any atom is -0.492 e. The fourth-order valence-electron chi connectivity index (χ4n) is 3.49. The first-order valence-corrected chi connectivity index (χ1v) is 14.3. The summed E-state index contributed by atoms with van der Waals surface area (Å²) in [6.45, 7) is 5.71. The van der Waals surface area contributed by atoms with Gasteiger partial charge in [-0.1, -0.05) is 54.7 Å². The van der Waals surface area contributed by atoms with Crippen LogP contribution in [0, 0.1) is 0 Å². The van der Waals surface area contributed by atoms with E-state index in [1.54, 1.807) is 56.3 Å². The van der Waals surface area contributed by atoms with E-state index in [9.17, 15) is 18.0 Å². The lowest BCUT2D eigenvalue weighted by Gasteiger charge is -2.32. The molecule has 2 aromatic rings. The zero-order chi connectivity index (χ0) is 26.9. The molecule has 0 aromatic heterocycles. The van der Waals surface area contributed by atoms with Gasteiger partial charge in [-0.25, -0.2) is 8.42 Å². The van der Waals surface area contributed by atoms with Crippen molar-refractivity contribution in [3.05, 3.63) is 58.1 Å². The molecule has 198 valence electrons. The van der Waals surface area contributed by atoms with Crippen molar-refractivity contribution in [1.82, 2.24) is 10.2 Å². The predicted octanol–water partition coefficient (Wildman–Crippen LogP) is 4.49. The molecule has 1 unspecified atom stereocenters. The first-order valence-electron chi connectivity index (χ1n) is 11.7. The molecule has 11 heteroatoms. The number of benzene rings is 2. The molecule has 8 nitrogen and oxygen atoms in total. The van der Waals surface area contributed by atoms with E-state index in [1.165, 1.54) is 4.90 Å². The number of rotatable bonds is 13. The highest BCUT2D eigenvalue weighted by atomic mass is 35.5. The van der Waals surface area contributed by atoms with Crippen LogP contribution in [0.5, 0.6) is 5.75 Å². The van der Waals surface area contributed by atoms with Crippen molar-refractivity contribution in [2.75, 3.05) is 30.3 Å². The summed E-state index contributed by atoms with van der Waals surface area (Å²) in [6, 6.07) is 10.7. The molecule has 2 amide bonds. The monoisotopic (exact) mass is 557 g/mol. The molecule has 1 N–H and O–H groups in total. The fourth-order valence-corrected chi connectivity index (χ4v) is 4.66. The highest BCUT2D eigenvalue weighted by Crippen LogP contribution is 2.30. The van der Waals surface area contributed by atoms with Gasteiger partial charge < -0.3 is 15.0 Å². The second-order valence-electron chi connectivity index (χ2n) is 8.26. The molecule has 1 atom stereocenters. The average Bonchev–Trinajstić information content (AvgIpc) is 2.82. The quantitative estimate of drug-likeness (QED) is 0.366. The van der Waals surface area contributed by atoms with Gasteiger partial charge in [-0.2, -0.15) is 0 Å². The standard InChI is InChI=1S/C25H33Cl2N3O5S/c1-5-7-14-28-25(32)18(3)29(16-19-12-13-20(26)21(27)15-19)24(31)17-30(36(4,33)34)22-10-8-9-11-23(22)35-6-2/h8-13,15,18H,5-7,14,16-17H2,1-4H3,(H,28,32). The highest BCUT2D eigenvalue weighted by Gasteiger charge is 2.31. The maximum Gasteiger partial charge on any atom is 0.244 e. The number of nitrogens with one attached hydrogen (secondary N) is 1. The summed E-state index contributed by atoms with van der Waals surface area (Å²) in [6.07, 6.45) is 2.73. The maximum absolute atomic E-state index is 13.6. The number of carbonyl (C=O) groups is 2. The normalized spacial score (nSPS) is 12.1. The number of amides is 2. The van der Waals surface area contributed by atoms with Gasteiger partial charge in [0.2, 0.25) is 21.8 Å². The van der Waals surface area contributed by atoms with Crippen molar-refractivity contribution in [1.29, 1.82) is 0 Å². The van der Waals surface area contributed by atoms with E-state index < -0.39 is 28.5 Å². The molecule has 0 aliphatic carbocycles. The van der Waals surface area contributed by atoms with Crippen LogP contribution in [0.15, 0.2) is 42.5 Å². The third-order valence-electron chi connectivity index (χ3n) is 5.45. The Balaban J connectivity index is 2.42. The smallest absolute Gasteiger partial charge is 0.244 e. The van der Waals surface area contributed by atoms with E-state index in [1.807, 2.05) is 6.92 Å². The van der Waals surface area contributed by atoms with Crippen LogP contribution in [-0.4, -0.2) is 57.1 Å². The first kappa shape index (κ1) is 29.7. The summed E-state index contributed by atoms with van der Waals surface area (Å²) in [5.41, 5.74) is 0.885. The van der Waals surface area contributed by atoms with Crippen LogP contribution < -0.4 is 14.4 Å². The molecule has 0 fully saturated rings. The molecular formula is C25H33Cl2N3O5S. The number of para-hydroxylation sites is 2. The Kier molecular flexibility index (Phi) is 11.3. The third-order valence-corrected chi connectivity index (χ3v) is 7.31. The Morgan fingerprint density at radius 3 is 2.39 bits per heavy atom. The van der Waals surface area contributed by atoms with Crippen LogP contribution in [0.1, 0.15) is 39.2 Å². The van der Waals surface area contributed by atoms with Crippen LogP contribution in [-0.2, 0) is 26.2 Å². The van der Waals surface area contributed by atoms with Gasteiger partial charge in [0.05, 0.1) is 28.6 Å². The lowest BCUT2D eigenvalue weighted by molar-refractivity contribution is -0.139. The van der Waals surface area contributed by atoms with Gasteiger partial charge in [0.15, 0.2) is 0 Å². The first-order chi connectivity index (χ1) is 17.0. The van der Waals surface area contributed by atoms with E-state index in [0.29, 0.717) is 34.5 Å². The summed E-state index contributed by atoms with van der Waals surface area (Å²) < 4.78 is 32.1. The van der Waals surface area contributed by atoms with Crippen molar-refractivity contribution in [2.24, 2.45) is 0 Å². The van der Waals surface area contributed by atoms with E-state index in [-0.39, 0.29) is 18.1 Å². The van der Waals surface area contributed by atoms with Crippen molar-refractivity contribution in [3.63, 3.8) is 0 Å². The lowest BCUT2D eigenvalue weighted by atomic mass is 10.1. The number of nitrogens with zero attached hydrogens (tertiary/aromatic N) is 2. The Labute approximate surface area is 223 Å². The van der Waals surface area contributed by atoms with Gasteiger partial charge in [0, 0.05) is 13.1 Å². The zero-order valence-corrected chi connectivity index (χ0v) is 23.3. The van der Waals surface area contributed by atoms with Gasteiger partial charge in [-0.15, -0.1) is 0 Å². The molecule has 0 radical (unpaired) electrons. The Bertz CT molecular complexity index is 1160. The molecule has 0 aliphatic rings. The van der Waals surface area contributed by atoms with Crippen LogP contribution in [0.4, 0.5) is 5.69 Å². The molecule has 0 heterocycles. The van der Waals surface area contributed by atoms with Crippen molar-refractivity contribution in [2.45, 2.75) is 46.2 Å². The minimum absolute atomic E-state index is 0.0306. The number of hydrogen-bond acceptors (Lipinski definition) is 5. The summed E-state index contributed by atoms with van der Waals surface area (Å²) in [7, 11) is -3.87. The zero-order valence-electron chi connectivity index (χ0n) is 21.0. The van der Waals surface area contributed by atoms with Gasteiger partial charge in [-0.05, 0) is 50.1 Å². The fraction of sp³-hybridized carbons (Fsp3) is 0.440. The topological polar surface area (TPSA) is 96.0 Å². The number of halogens is 2. The molecular weight excluding hydrogens is 525 g/mol. The van der Waals surface area contributed by atoms with Crippen LogP contribution in [0.25, 0.3) is 0 Å². The number of ether oxygens (including phenoxy) is 1. The summed E-state index contributed by atoms with van der Waals surface area (Å²) >= 11 is 12.2. The third kappa shape index (κ3) is 8.28. The van der Waals surface area contributed by atoms with Crippen LogP contribution in [0.2, 0.25) is 10.0 Å². The molecule has 0 saturated carbocycles. The SMILES string of the molecule is CCCCNC(=O)C(C)N(Cc1ccc(Cl)c(Cl)c1)C(=O)CN(c1ccccc1OCC)S(C)(=O)=O. The number of hydrogen-bond donors (Lipinski definition) is 1. The second-order valence-corrected chi connectivity index (χ2v) is 11.0. The highest BCUT2D eigenvalue weighted by molar-refractivity contribution is 7.92. The molecule has 0 spiro atoms.